The monoisotopic (exact) mass is 201 g/mol. The minimum absolute atomic E-state index is 0.258. The SMILES string of the molecule is O=C(O)NC(=O)c1ccc(F)c(F)c1. The number of halogens is 2. The van der Waals surface area contributed by atoms with E-state index in [9.17, 15) is 18.4 Å². The molecule has 1 rings (SSSR count). The van der Waals surface area contributed by atoms with E-state index in [1.54, 1.807) is 0 Å². The average Bonchev–Trinajstić information content (AvgIpc) is 2.08. The van der Waals surface area contributed by atoms with E-state index in [-0.39, 0.29) is 5.56 Å². The van der Waals surface area contributed by atoms with Crippen LogP contribution < -0.4 is 5.32 Å². The number of carbonyl (C=O) groups is 2. The van der Waals surface area contributed by atoms with Gasteiger partial charge < -0.3 is 5.11 Å². The molecule has 0 heterocycles. The molecule has 0 aromatic heterocycles. The summed E-state index contributed by atoms with van der Waals surface area (Å²) < 4.78 is 25.0. The second kappa shape index (κ2) is 3.82. The lowest BCUT2D eigenvalue weighted by Gasteiger charge is -2.00. The molecule has 0 bridgehead atoms. The zero-order valence-electron chi connectivity index (χ0n) is 6.75. The molecule has 0 saturated carbocycles. The maximum Gasteiger partial charge on any atom is 0.411 e. The maximum atomic E-state index is 12.6. The first kappa shape index (κ1) is 10.1. The number of hydrogen-bond acceptors (Lipinski definition) is 2. The highest BCUT2D eigenvalue weighted by atomic mass is 19.2. The van der Waals surface area contributed by atoms with Gasteiger partial charge in [-0.05, 0) is 18.2 Å². The first-order valence-electron chi connectivity index (χ1n) is 3.50. The molecule has 74 valence electrons. The van der Waals surface area contributed by atoms with E-state index in [2.05, 4.69) is 0 Å². The van der Waals surface area contributed by atoms with Gasteiger partial charge in [0.05, 0.1) is 0 Å². The summed E-state index contributed by atoms with van der Waals surface area (Å²) in [6.45, 7) is 0. The molecule has 0 radical (unpaired) electrons. The molecule has 0 saturated heterocycles. The third-order valence-corrected chi connectivity index (χ3v) is 1.40. The second-order valence-electron chi connectivity index (χ2n) is 2.39. The van der Waals surface area contributed by atoms with Gasteiger partial charge in [0.25, 0.3) is 5.91 Å². The molecule has 0 spiro atoms. The smallest absolute Gasteiger partial charge is 0.411 e. The lowest BCUT2D eigenvalue weighted by atomic mass is 10.2. The van der Waals surface area contributed by atoms with E-state index < -0.39 is 23.6 Å². The second-order valence-corrected chi connectivity index (χ2v) is 2.39. The van der Waals surface area contributed by atoms with Crippen LogP contribution in [-0.4, -0.2) is 17.1 Å². The van der Waals surface area contributed by atoms with Crippen molar-refractivity contribution >= 4 is 12.0 Å². The third-order valence-electron chi connectivity index (χ3n) is 1.40. The Kier molecular flexibility index (Phi) is 2.76. The van der Waals surface area contributed by atoms with Crippen molar-refractivity contribution in [3.63, 3.8) is 0 Å². The van der Waals surface area contributed by atoms with Gasteiger partial charge in [-0.1, -0.05) is 0 Å². The molecular formula is C8H5F2NO3. The number of carbonyl (C=O) groups excluding carboxylic acids is 1. The predicted octanol–water partition coefficient (Wildman–Crippen LogP) is 1.37. The van der Waals surface area contributed by atoms with Crippen LogP contribution in [-0.2, 0) is 0 Å². The topological polar surface area (TPSA) is 66.4 Å². The molecule has 2 N–H and O–H groups in total. The van der Waals surface area contributed by atoms with Crippen molar-refractivity contribution in [1.29, 1.82) is 0 Å². The van der Waals surface area contributed by atoms with Gasteiger partial charge in [-0.25, -0.2) is 13.6 Å². The minimum Gasteiger partial charge on any atom is -0.465 e. The van der Waals surface area contributed by atoms with E-state index >= 15 is 0 Å². The van der Waals surface area contributed by atoms with Crippen molar-refractivity contribution in [3.05, 3.63) is 35.4 Å². The van der Waals surface area contributed by atoms with E-state index in [0.29, 0.717) is 6.07 Å². The zero-order valence-corrected chi connectivity index (χ0v) is 6.75. The summed E-state index contributed by atoms with van der Waals surface area (Å²) in [6.07, 6.45) is -1.56. The Labute approximate surface area is 77.2 Å². The standard InChI is InChI=1S/C8H5F2NO3/c9-5-2-1-4(3-6(5)10)7(12)11-8(13)14/h1-3H,(H,11,12)(H,13,14). The largest absolute Gasteiger partial charge is 0.465 e. The Hall–Kier alpha value is -1.98. The summed E-state index contributed by atoms with van der Waals surface area (Å²) in [5, 5.41) is 9.66. The first-order valence-corrected chi connectivity index (χ1v) is 3.50. The summed E-state index contributed by atoms with van der Waals surface area (Å²) in [4.78, 5) is 21.0. The summed E-state index contributed by atoms with van der Waals surface area (Å²) in [7, 11) is 0. The van der Waals surface area contributed by atoms with Crippen LogP contribution in [0.4, 0.5) is 13.6 Å². The molecule has 14 heavy (non-hydrogen) atoms. The highest BCUT2D eigenvalue weighted by Crippen LogP contribution is 2.08. The molecule has 2 amide bonds. The molecule has 4 nitrogen and oxygen atoms in total. The first-order chi connectivity index (χ1) is 6.50. The number of nitrogens with one attached hydrogen (secondary N) is 1. The highest BCUT2D eigenvalue weighted by Gasteiger charge is 2.11. The predicted molar refractivity (Wildman–Crippen MR) is 41.8 cm³/mol. The highest BCUT2D eigenvalue weighted by molar-refractivity contribution is 6.02. The Bertz CT molecular complexity index is 392. The number of carboxylic acid groups (broad SMARTS) is 1. The number of hydrogen-bond donors (Lipinski definition) is 2. The summed E-state index contributed by atoms with van der Waals surface area (Å²) in [5.74, 6) is -3.31. The van der Waals surface area contributed by atoms with Gasteiger partial charge in [0.15, 0.2) is 11.6 Å². The molecule has 1 aromatic rings. The molecule has 0 aliphatic heterocycles. The van der Waals surface area contributed by atoms with Crippen molar-refractivity contribution < 1.29 is 23.5 Å². The van der Waals surface area contributed by atoms with Gasteiger partial charge >= 0.3 is 6.09 Å². The van der Waals surface area contributed by atoms with Gasteiger partial charge in [0.1, 0.15) is 0 Å². The molecule has 0 atom stereocenters. The molecule has 6 heteroatoms. The molecule has 0 aliphatic carbocycles. The van der Waals surface area contributed by atoms with Crippen molar-refractivity contribution in [3.8, 4) is 0 Å². The van der Waals surface area contributed by atoms with Gasteiger partial charge in [0.2, 0.25) is 0 Å². The van der Waals surface area contributed by atoms with Crippen LogP contribution in [0, 0.1) is 11.6 Å². The van der Waals surface area contributed by atoms with Gasteiger partial charge in [-0.15, -0.1) is 0 Å². The average molecular weight is 201 g/mol. The fourth-order valence-corrected chi connectivity index (χ4v) is 0.807. The summed E-state index contributed by atoms with van der Waals surface area (Å²) >= 11 is 0. The Morgan fingerprint density at radius 1 is 1.21 bits per heavy atom. The van der Waals surface area contributed by atoms with Gasteiger partial charge in [-0.3, -0.25) is 10.1 Å². The van der Waals surface area contributed by atoms with Crippen LogP contribution in [0.1, 0.15) is 10.4 Å². The Balaban J connectivity index is 2.91. The minimum atomic E-state index is -1.56. The van der Waals surface area contributed by atoms with Crippen LogP contribution in [0.15, 0.2) is 18.2 Å². The fraction of sp³-hybridized carbons (Fsp3) is 0. The number of amides is 2. The normalized spacial score (nSPS) is 9.57. The lowest BCUT2D eigenvalue weighted by Crippen LogP contribution is -2.28. The van der Waals surface area contributed by atoms with Crippen molar-refractivity contribution in [2.75, 3.05) is 0 Å². The van der Waals surface area contributed by atoms with Crippen molar-refractivity contribution in [2.24, 2.45) is 0 Å². The van der Waals surface area contributed by atoms with Crippen molar-refractivity contribution in [1.82, 2.24) is 5.32 Å². The lowest BCUT2D eigenvalue weighted by molar-refractivity contribution is 0.0947. The van der Waals surface area contributed by atoms with E-state index in [1.807, 2.05) is 0 Å². The molecule has 1 aromatic carbocycles. The quantitative estimate of drug-likeness (QED) is 0.721. The fourth-order valence-electron chi connectivity index (χ4n) is 0.807. The maximum absolute atomic E-state index is 12.6. The van der Waals surface area contributed by atoms with E-state index in [0.717, 1.165) is 12.1 Å². The molecule has 0 aliphatic rings. The van der Waals surface area contributed by atoms with Crippen LogP contribution in [0.25, 0.3) is 0 Å². The summed E-state index contributed by atoms with van der Waals surface area (Å²) in [5.41, 5.74) is -0.258. The van der Waals surface area contributed by atoms with Gasteiger partial charge in [-0.2, -0.15) is 0 Å². The van der Waals surface area contributed by atoms with Crippen LogP contribution >= 0.6 is 0 Å². The number of rotatable bonds is 1. The van der Waals surface area contributed by atoms with Crippen LogP contribution in [0.5, 0.6) is 0 Å². The Morgan fingerprint density at radius 2 is 1.86 bits per heavy atom. The number of benzene rings is 1. The molecular weight excluding hydrogens is 196 g/mol. The molecule has 0 fully saturated rings. The van der Waals surface area contributed by atoms with E-state index in [4.69, 9.17) is 5.11 Å². The van der Waals surface area contributed by atoms with Crippen LogP contribution in [0.2, 0.25) is 0 Å². The van der Waals surface area contributed by atoms with Crippen LogP contribution in [0.3, 0.4) is 0 Å². The van der Waals surface area contributed by atoms with Gasteiger partial charge in [0, 0.05) is 5.56 Å². The third kappa shape index (κ3) is 2.25. The van der Waals surface area contributed by atoms with E-state index in [1.165, 1.54) is 5.32 Å². The summed E-state index contributed by atoms with van der Waals surface area (Å²) in [6, 6.07) is 2.34. The Morgan fingerprint density at radius 3 is 2.36 bits per heavy atom. The van der Waals surface area contributed by atoms with Crippen molar-refractivity contribution in [2.45, 2.75) is 0 Å². The number of imide groups is 1. The molecule has 0 unspecified atom stereocenters. The zero-order chi connectivity index (χ0) is 10.7.